The third-order valence-electron chi connectivity index (χ3n) is 6.53. The van der Waals surface area contributed by atoms with Gasteiger partial charge in [0.1, 0.15) is 5.75 Å². The Bertz CT molecular complexity index is 811. The Morgan fingerprint density at radius 3 is 2.67 bits per heavy atom. The van der Waals surface area contributed by atoms with Gasteiger partial charge in [-0.3, -0.25) is 9.69 Å². The van der Waals surface area contributed by atoms with E-state index in [2.05, 4.69) is 22.3 Å². The molecule has 2 fully saturated rings. The fourth-order valence-electron chi connectivity index (χ4n) is 4.84. The normalized spacial score (nSPS) is 20.4. The number of benzene rings is 1. The number of nitrogens with one attached hydrogen (secondary N) is 1. The lowest BCUT2D eigenvalue weighted by molar-refractivity contribution is -0.120. The minimum absolute atomic E-state index is 0.108. The molecule has 162 valence electrons. The first kappa shape index (κ1) is 21.4. The summed E-state index contributed by atoms with van der Waals surface area (Å²) in [6.45, 7) is 4.10. The molecule has 1 amide bonds. The molecule has 0 bridgehead atoms. The van der Waals surface area contributed by atoms with Gasteiger partial charge >= 0.3 is 0 Å². The quantitative estimate of drug-likeness (QED) is 0.647. The van der Waals surface area contributed by atoms with Crippen molar-refractivity contribution in [3.8, 4) is 5.75 Å². The summed E-state index contributed by atoms with van der Waals surface area (Å²) >= 11 is 2.03. The highest BCUT2D eigenvalue weighted by atomic mass is 32.1. The van der Waals surface area contributed by atoms with Crippen LogP contribution >= 0.6 is 11.3 Å². The van der Waals surface area contributed by atoms with Crippen molar-refractivity contribution in [3.05, 3.63) is 51.7 Å². The number of hydrogen-bond acceptors (Lipinski definition) is 4. The van der Waals surface area contributed by atoms with Crippen LogP contribution in [0.4, 0.5) is 0 Å². The van der Waals surface area contributed by atoms with E-state index in [1.54, 1.807) is 12.0 Å². The number of thiophene rings is 1. The lowest BCUT2D eigenvalue weighted by Gasteiger charge is -2.32. The van der Waals surface area contributed by atoms with Crippen LogP contribution in [0.5, 0.6) is 5.75 Å². The summed E-state index contributed by atoms with van der Waals surface area (Å²) in [6.07, 6.45) is 8.41. The molecule has 4 nitrogen and oxygen atoms in total. The van der Waals surface area contributed by atoms with Crippen molar-refractivity contribution < 1.29 is 9.53 Å². The second kappa shape index (κ2) is 10.5. The van der Waals surface area contributed by atoms with Gasteiger partial charge in [-0.15, -0.1) is 11.3 Å². The maximum atomic E-state index is 12.4. The average Bonchev–Trinajstić information content (AvgIpc) is 3.45. The largest absolute Gasteiger partial charge is 0.497 e. The molecule has 1 N–H and O–H groups in total. The van der Waals surface area contributed by atoms with Crippen molar-refractivity contribution in [1.82, 2.24) is 10.2 Å². The van der Waals surface area contributed by atoms with Crippen molar-refractivity contribution >= 4 is 17.2 Å². The zero-order valence-corrected chi connectivity index (χ0v) is 18.9. The van der Waals surface area contributed by atoms with E-state index in [1.165, 1.54) is 49.9 Å². The van der Waals surface area contributed by atoms with E-state index in [9.17, 15) is 4.79 Å². The highest BCUT2D eigenvalue weighted by Crippen LogP contribution is 2.38. The van der Waals surface area contributed by atoms with Gasteiger partial charge in [0.25, 0.3) is 0 Å². The van der Waals surface area contributed by atoms with Crippen LogP contribution in [0.25, 0.3) is 0 Å². The van der Waals surface area contributed by atoms with Gasteiger partial charge < -0.3 is 10.1 Å². The molecule has 1 saturated heterocycles. The zero-order chi connectivity index (χ0) is 20.8. The van der Waals surface area contributed by atoms with Crippen molar-refractivity contribution in [2.45, 2.75) is 57.4 Å². The summed E-state index contributed by atoms with van der Waals surface area (Å²) < 4.78 is 5.18. The smallest absolute Gasteiger partial charge is 0.224 e. The lowest BCUT2D eigenvalue weighted by Crippen LogP contribution is -2.40. The zero-order valence-electron chi connectivity index (χ0n) is 18.1. The lowest BCUT2D eigenvalue weighted by atomic mass is 9.98. The monoisotopic (exact) mass is 426 g/mol. The van der Waals surface area contributed by atoms with Crippen LogP contribution in [0.2, 0.25) is 0 Å². The van der Waals surface area contributed by atoms with E-state index in [4.69, 9.17) is 4.74 Å². The van der Waals surface area contributed by atoms with E-state index >= 15 is 0 Å². The van der Waals surface area contributed by atoms with Crippen molar-refractivity contribution in [2.75, 3.05) is 26.7 Å². The van der Waals surface area contributed by atoms with Gasteiger partial charge in [-0.25, -0.2) is 0 Å². The number of nitrogens with zero attached hydrogens (tertiary/aromatic N) is 1. The Hall–Kier alpha value is -1.85. The summed E-state index contributed by atoms with van der Waals surface area (Å²) in [7, 11) is 1.65. The van der Waals surface area contributed by atoms with Crippen LogP contribution in [0.15, 0.2) is 36.4 Å². The molecule has 1 atom stereocenters. The Morgan fingerprint density at radius 1 is 1.10 bits per heavy atom. The minimum Gasteiger partial charge on any atom is -0.497 e. The topological polar surface area (TPSA) is 41.6 Å². The van der Waals surface area contributed by atoms with Gasteiger partial charge in [-0.05, 0) is 73.9 Å². The Kier molecular flexibility index (Phi) is 7.45. The number of hydrogen-bond donors (Lipinski definition) is 1. The van der Waals surface area contributed by atoms with Crippen LogP contribution in [0.1, 0.15) is 59.8 Å². The van der Waals surface area contributed by atoms with Gasteiger partial charge in [0.15, 0.2) is 0 Å². The van der Waals surface area contributed by atoms with Gasteiger partial charge in [-0.2, -0.15) is 0 Å². The van der Waals surface area contributed by atoms with E-state index in [0.29, 0.717) is 12.3 Å². The molecule has 0 radical (unpaired) electrons. The maximum absolute atomic E-state index is 12.4. The van der Waals surface area contributed by atoms with Crippen LogP contribution in [0, 0.1) is 5.92 Å². The number of carbonyl (C=O) groups is 1. The summed E-state index contributed by atoms with van der Waals surface area (Å²) in [6, 6.07) is 12.5. The third-order valence-corrected chi connectivity index (χ3v) is 7.77. The number of methoxy groups -OCH3 is 1. The molecule has 4 rings (SSSR count). The molecule has 1 saturated carbocycles. The predicted octanol–water partition coefficient (Wildman–Crippen LogP) is 4.99. The van der Waals surface area contributed by atoms with E-state index in [1.807, 2.05) is 35.6 Å². The Morgan fingerprint density at radius 2 is 1.90 bits per heavy atom. The first-order chi connectivity index (χ1) is 14.7. The first-order valence-electron chi connectivity index (χ1n) is 11.4. The number of rotatable bonds is 8. The van der Waals surface area contributed by atoms with Crippen LogP contribution in [-0.2, 0) is 17.8 Å². The molecular weight excluding hydrogens is 392 g/mol. The molecule has 30 heavy (non-hydrogen) atoms. The molecule has 0 unspecified atom stereocenters. The van der Waals surface area contributed by atoms with E-state index in [0.717, 1.165) is 36.9 Å². The molecule has 2 heterocycles. The molecule has 1 aliphatic heterocycles. The third kappa shape index (κ3) is 5.86. The van der Waals surface area contributed by atoms with Gasteiger partial charge in [-0.1, -0.05) is 25.0 Å². The maximum Gasteiger partial charge on any atom is 0.224 e. The van der Waals surface area contributed by atoms with Crippen LogP contribution < -0.4 is 10.1 Å². The summed E-state index contributed by atoms with van der Waals surface area (Å²) in [5.41, 5.74) is 1.02. The predicted molar refractivity (Wildman–Crippen MR) is 123 cm³/mol. The van der Waals surface area contributed by atoms with Gasteiger partial charge in [0.05, 0.1) is 13.5 Å². The fourth-order valence-corrected chi connectivity index (χ4v) is 6.06. The van der Waals surface area contributed by atoms with Gasteiger partial charge in [0, 0.05) is 29.4 Å². The molecule has 1 aromatic carbocycles. The highest BCUT2D eigenvalue weighted by molar-refractivity contribution is 7.12. The Balaban J connectivity index is 1.21. The van der Waals surface area contributed by atoms with Crippen molar-refractivity contribution in [3.63, 3.8) is 0 Å². The van der Waals surface area contributed by atoms with Crippen molar-refractivity contribution in [2.24, 2.45) is 5.92 Å². The highest BCUT2D eigenvalue weighted by Gasteiger charge is 2.22. The molecular formula is C25H34N2O2S. The van der Waals surface area contributed by atoms with Crippen LogP contribution in [-0.4, -0.2) is 37.6 Å². The summed E-state index contributed by atoms with van der Waals surface area (Å²) in [5, 5.41) is 3.16. The molecule has 2 aromatic rings. The minimum atomic E-state index is 0.108. The number of ether oxygens (including phenoxy) is 1. The standard InChI is InChI=1S/C25H34N2O2S/c1-29-22-10-8-19(9-11-22)15-25(28)26-16-20-5-4-14-27(17-20)18-23-12-13-24(30-23)21-6-2-3-7-21/h8-13,20-21H,2-7,14-18H2,1H3,(H,26,28)/t20-/m0/s1. The SMILES string of the molecule is COc1ccc(CC(=O)NC[C@@H]2CCCN(Cc3ccc(C4CCCC4)s3)C2)cc1. The number of carbonyl (C=O) groups excluding carboxylic acids is 1. The molecule has 1 aromatic heterocycles. The number of amides is 1. The molecule has 5 heteroatoms. The number of likely N-dealkylation sites (tertiary alicyclic amines) is 1. The Labute approximate surface area is 184 Å². The first-order valence-corrected chi connectivity index (χ1v) is 12.2. The molecule has 2 aliphatic rings. The van der Waals surface area contributed by atoms with Crippen LogP contribution in [0.3, 0.4) is 0 Å². The summed E-state index contributed by atoms with van der Waals surface area (Å²) in [5.74, 6) is 2.30. The average molecular weight is 427 g/mol. The van der Waals surface area contributed by atoms with E-state index < -0.39 is 0 Å². The van der Waals surface area contributed by atoms with Crippen molar-refractivity contribution in [1.29, 1.82) is 0 Å². The molecule has 1 aliphatic carbocycles. The van der Waals surface area contributed by atoms with E-state index in [-0.39, 0.29) is 5.91 Å². The number of piperidine rings is 1. The summed E-state index contributed by atoms with van der Waals surface area (Å²) in [4.78, 5) is 18.0. The second-order valence-electron chi connectivity index (χ2n) is 8.86. The van der Waals surface area contributed by atoms with Gasteiger partial charge in [0.2, 0.25) is 5.91 Å². The fraction of sp³-hybridized carbons (Fsp3) is 0.560. The second-order valence-corrected chi connectivity index (χ2v) is 10.1. The molecule has 0 spiro atoms.